The lowest BCUT2D eigenvalue weighted by atomic mass is 10.3. The number of rotatable bonds is 2. The lowest BCUT2D eigenvalue weighted by molar-refractivity contribution is -0.114. The van der Waals surface area contributed by atoms with Gasteiger partial charge in [-0.1, -0.05) is 23.2 Å². The highest BCUT2D eigenvalue weighted by atomic mass is 35.5. The van der Waals surface area contributed by atoms with Crippen LogP contribution >= 0.6 is 35.4 Å². The molecule has 1 aromatic heterocycles. The van der Waals surface area contributed by atoms with E-state index in [1.54, 1.807) is 18.2 Å². The van der Waals surface area contributed by atoms with Crippen molar-refractivity contribution in [3.8, 4) is 0 Å². The number of thiocarbonyl (C=S) groups is 1. The van der Waals surface area contributed by atoms with E-state index in [1.807, 2.05) is 0 Å². The van der Waals surface area contributed by atoms with Crippen LogP contribution in [0.15, 0.2) is 29.1 Å². The van der Waals surface area contributed by atoms with E-state index < -0.39 is 5.56 Å². The maximum Gasteiger partial charge on any atom is 0.266 e. The monoisotopic (exact) mass is 344 g/mol. The first-order valence-corrected chi connectivity index (χ1v) is 6.89. The van der Waals surface area contributed by atoms with Gasteiger partial charge in [0.05, 0.1) is 10.0 Å². The first-order chi connectivity index (χ1) is 9.86. The molecular formula is C12H10Cl2N4O2S. The third kappa shape index (κ3) is 3.84. The number of nitrogens with one attached hydrogen (secondary N) is 3. The Kier molecular flexibility index (Phi) is 4.66. The molecule has 110 valence electrons. The summed E-state index contributed by atoms with van der Waals surface area (Å²) >= 11 is 16.9. The first-order valence-electron chi connectivity index (χ1n) is 5.73. The van der Waals surface area contributed by atoms with Crippen molar-refractivity contribution >= 4 is 57.9 Å². The molecule has 0 aliphatic heterocycles. The van der Waals surface area contributed by atoms with Crippen LogP contribution in [0.2, 0.25) is 10.0 Å². The molecule has 0 saturated carbocycles. The van der Waals surface area contributed by atoms with Crippen LogP contribution in [0.1, 0.15) is 6.92 Å². The molecule has 3 N–H and O–H groups in total. The van der Waals surface area contributed by atoms with E-state index in [2.05, 4.69) is 15.7 Å². The molecule has 1 aromatic carbocycles. The molecule has 0 fully saturated rings. The average molecular weight is 345 g/mol. The molecule has 6 nitrogen and oxygen atoms in total. The summed E-state index contributed by atoms with van der Waals surface area (Å²) in [6.07, 6.45) is 0. The molecule has 0 saturated heterocycles. The Labute approximate surface area is 135 Å². The maximum absolute atomic E-state index is 11.4. The van der Waals surface area contributed by atoms with Gasteiger partial charge in [0.1, 0.15) is 5.82 Å². The molecule has 1 amide bonds. The van der Waals surface area contributed by atoms with Crippen LogP contribution in [0.25, 0.3) is 0 Å². The van der Waals surface area contributed by atoms with Gasteiger partial charge in [-0.25, -0.2) is 4.68 Å². The summed E-state index contributed by atoms with van der Waals surface area (Å²) in [6, 6.07) is 6.11. The number of H-pyrrole nitrogens is 1. The van der Waals surface area contributed by atoms with Crippen molar-refractivity contribution < 1.29 is 4.79 Å². The number of anilines is 2. The molecule has 0 radical (unpaired) electrons. The Morgan fingerprint density at radius 3 is 2.57 bits per heavy atom. The minimum Gasteiger partial charge on any atom is -0.331 e. The fourth-order valence-corrected chi connectivity index (χ4v) is 2.14. The van der Waals surface area contributed by atoms with Gasteiger partial charge >= 0.3 is 0 Å². The van der Waals surface area contributed by atoms with Gasteiger partial charge in [0.25, 0.3) is 5.56 Å². The molecule has 0 aliphatic rings. The summed E-state index contributed by atoms with van der Waals surface area (Å²) in [5.41, 5.74) is 0.203. The van der Waals surface area contributed by atoms with Crippen LogP contribution in [0.5, 0.6) is 0 Å². The van der Waals surface area contributed by atoms with E-state index in [1.165, 1.54) is 17.7 Å². The molecule has 9 heteroatoms. The van der Waals surface area contributed by atoms with E-state index in [0.717, 1.165) is 0 Å². The number of halogens is 2. The SMILES string of the molecule is CC(=O)Nc1cc(=O)[nH]n1C(=S)Nc1ccc(Cl)c(Cl)c1. The summed E-state index contributed by atoms with van der Waals surface area (Å²) < 4.78 is 1.25. The number of carbonyl (C=O) groups is 1. The van der Waals surface area contributed by atoms with E-state index in [0.29, 0.717) is 15.7 Å². The first kappa shape index (κ1) is 15.6. The molecule has 0 unspecified atom stereocenters. The van der Waals surface area contributed by atoms with Crippen LogP contribution in [0, 0.1) is 0 Å². The largest absolute Gasteiger partial charge is 0.331 e. The zero-order valence-corrected chi connectivity index (χ0v) is 13.1. The number of hydrogen-bond donors (Lipinski definition) is 3. The summed E-state index contributed by atoms with van der Waals surface area (Å²) in [6.45, 7) is 1.33. The fraction of sp³-hybridized carbons (Fsp3) is 0.0833. The number of aromatic nitrogens is 2. The van der Waals surface area contributed by atoms with Gasteiger partial charge in [0.2, 0.25) is 5.91 Å². The minimum absolute atomic E-state index is 0.166. The van der Waals surface area contributed by atoms with Crippen molar-refractivity contribution in [2.75, 3.05) is 10.6 Å². The number of nitrogens with zero attached hydrogens (tertiary/aromatic N) is 1. The van der Waals surface area contributed by atoms with E-state index in [9.17, 15) is 9.59 Å². The summed E-state index contributed by atoms with van der Waals surface area (Å²) in [4.78, 5) is 22.5. The smallest absolute Gasteiger partial charge is 0.266 e. The van der Waals surface area contributed by atoms with E-state index in [-0.39, 0.29) is 16.8 Å². The Morgan fingerprint density at radius 2 is 1.95 bits per heavy atom. The molecule has 2 rings (SSSR count). The van der Waals surface area contributed by atoms with Gasteiger partial charge in [0, 0.05) is 18.7 Å². The highest BCUT2D eigenvalue weighted by Gasteiger charge is 2.11. The van der Waals surface area contributed by atoms with E-state index in [4.69, 9.17) is 35.4 Å². The van der Waals surface area contributed by atoms with Crippen LogP contribution in [0.3, 0.4) is 0 Å². The van der Waals surface area contributed by atoms with Crippen LogP contribution in [-0.4, -0.2) is 20.8 Å². The van der Waals surface area contributed by atoms with Crippen LogP contribution < -0.4 is 16.2 Å². The predicted molar refractivity (Wildman–Crippen MR) is 87.4 cm³/mol. The molecule has 2 aromatic rings. The zero-order valence-electron chi connectivity index (χ0n) is 10.7. The van der Waals surface area contributed by atoms with Gasteiger partial charge in [-0.15, -0.1) is 0 Å². The molecule has 1 heterocycles. The summed E-state index contributed by atoms with van der Waals surface area (Å²) in [5, 5.41) is 8.81. The van der Waals surface area contributed by atoms with Gasteiger partial charge < -0.3 is 10.6 Å². The summed E-state index contributed by atoms with van der Waals surface area (Å²) in [5.74, 6) is -0.0786. The van der Waals surface area contributed by atoms with Gasteiger partial charge in [-0.3, -0.25) is 14.7 Å². The topological polar surface area (TPSA) is 78.9 Å². The van der Waals surface area contributed by atoms with Crippen molar-refractivity contribution in [1.82, 2.24) is 9.78 Å². The van der Waals surface area contributed by atoms with Gasteiger partial charge in [0.15, 0.2) is 5.11 Å². The number of hydrogen-bond acceptors (Lipinski definition) is 3. The van der Waals surface area contributed by atoms with E-state index >= 15 is 0 Å². The third-order valence-corrected chi connectivity index (χ3v) is 3.43. The molecule has 0 bridgehead atoms. The molecular weight excluding hydrogens is 335 g/mol. The van der Waals surface area contributed by atoms with Crippen molar-refractivity contribution in [3.05, 3.63) is 44.7 Å². The highest BCUT2D eigenvalue weighted by Crippen LogP contribution is 2.25. The van der Waals surface area contributed by atoms with Crippen molar-refractivity contribution in [2.45, 2.75) is 6.92 Å². The quantitative estimate of drug-likeness (QED) is 0.732. The summed E-state index contributed by atoms with van der Waals surface area (Å²) in [7, 11) is 0. The van der Waals surface area contributed by atoms with Gasteiger partial charge in [-0.2, -0.15) is 0 Å². The second kappa shape index (κ2) is 6.30. The standard InChI is InChI=1S/C12H10Cl2N4O2S/c1-6(19)15-10-5-11(20)17-18(10)12(21)16-7-2-3-8(13)9(14)4-7/h2-5H,1H3,(H,15,19)(H,16,21)(H,17,20). The second-order valence-corrected chi connectivity index (χ2v) is 5.28. The maximum atomic E-state index is 11.4. The third-order valence-electron chi connectivity index (χ3n) is 2.41. The predicted octanol–water partition coefficient (Wildman–Crippen LogP) is 2.69. The Bertz CT molecular complexity index is 769. The Hall–Kier alpha value is -1.83. The average Bonchev–Trinajstić information content (AvgIpc) is 2.74. The van der Waals surface area contributed by atoms with Crippen molar-refractivity contribution in [1.29, 1.82) is 0 Å². The van der Waals surface area contributed by atoms with Crippen molar-refractivity contribution in [2.24, 2.45) is 0 Å². The zero-order chi connectivity index (χ0) is 15.6. The molecule has 0 spiro atoms. The molecule has 21 heavy (non-hydrogen) atoms. The minimum atomic E-state index is -0.392. The highest BCUT2D eigenvalue weighted by molar-refractivity contribution is 7.80. The number of aromatic amines is 1. The van der Waals surface area contributed by atoms with Crippen molar-refractivity contribution in [3.63, 3.8) is 0 Å². The van der Waals surface area contributed by atoms with Crippen LogP contribution in [0.4, 0.5) is 11.5 Å². The lowest BCUT2D eigenvalue weighted by Crippen LogP contribution is -2.24. The normalized spacial score (nSPS) is 10.2. The molecule has 0 aliphatic carbocycles. The Morgan fingerprint density at radius 1 is 1.24 bits per heavy atom. The Balaban J connectivity index is 2.25. The lowest BCUT2D eigenvalue weighted by Gasteiger charge is -2.12. The number of amides is 1. The number of benzene rings is 1. The van der Waals surface area contributed by atoms with Crippen LogP contribution in [-0.2, 0) is 4.79 Å². The fourth-order valence-electron chi connectivity index (χ4n) is 1.58. The molecule has 0 atom stereocenters. The number of carbonyl (C=O) groups excluding carboxylic acids is 1. The van der Waals surface area contributed by atoms with Gasteiger partial charge in [-0.05, 0) is 30.4 Å². The second-order valence-electron chi connectivity index (χ2n) is 4.08.